The Morgan fingerprint density at radius 3 is 2.55 bits per heavy atom. The van der Waals surface area contributed by atoms with Gasteiger partial charge in [-0.05, 0) is 41.9 Å². The van der Waals surface area contributed by atoms with Gasteiger partial charge >= 0.3 is 0 Å². The lowest BCUT2D eigenvalue weighted by molar-refractivity contribution is 1.20. The summed E-state index contributed by atoms with van der Waals surface area (Å²) in [5.41, 5.74) is 0.292. The molecule has 0 aliphatic carbocycles. The van der Waals surface area contributed by atoms with Gasteiger partial charge in [0.2, 0.25) is 5.43 Å². The van der Waals surface area contributed by atoms with Crippen molar-refractivity contribution in [2.24, 2.45) is 5.18 Å². The quantitative estimate of drug-likeness (QED) is 0.547. The molecule has 5 nitrogen and oxygen atoms in total. The molecule has 0 atom stereocenters. The lowest BCUT2D eigenvalue weighted by Crippen LogP contribution is -2.31. The van der Waals surface area contributed by atoms with Gasteiger partial charge in [-0.15, -0.1) is 16.2 Å². The van der Waals surface area contributed by atoms with Gasteiger partial charge < -0.3 is 0 Å². The fourth-order valence-corrected chi connectivity index (χ4v) is 3.07. The first-order valence-corrected chi connectivity index (χ1v) is 6.63. The summed E-state index contributed by atoms with van der Waals surface area (Å²) in [4.78, 5) is 38.9. The van der Waals surface area contributed by atoms with Gasteiger partial charge in [-0.2, -0.15) is 0 Å². The van der Waals surface area contributed by atoms with Crippen LogP contribution in [0.5, 0.6) is 0 Å². The van der Waals surface area contributed by atoms with E-state index >= 15 is 0 Å². The average molecular weight is 284 g/mol. The first-order chi connectivity index (χ1) is 9.61. The van der Waals surface area contributed by atoms with Gasteiger partial charge in [-0.25, -0.2) is 0 Å². The van der Waals surface area contributed by atoms with Crippen molar-refractivity contribution in [2.45, 2.75) is 6.92 Å². The second-order valence-electron chi connectivity index (χ2n) is 4.32. The highest BCUT2D eigenvalue weighted by molar-refractivity contribution is 7.18. The molecule has 0 spiro atoms. The molecule has 0 unspecified atom stereocenters. The van der Waals surface area contributed by atoms with E-state index in [-0.39, 0.29) is 11.3 Å². The van der Waals surface area contributed by atoms with Gasteiger partial charge in [0.1, 0.15) is 0 Å². The van der Waals surface area contributed by atoms with Crippen molar-refractivity contribution in [1.82, 2.24) is 4.98 Å². The predicted octanol–water partition coefficient (Wildman–Crippen LogP) is 2.78. The summed E-state index contributed by atoms with van der Waals surface area (Å²) in [7, 11) is 0. The summed E-state index contributed by atoms with van der Waals surface area (Å²) in [5.74, 6) is 0. The minimum Gasteiger partial charge on any atom is -0.285 e. The SMILES string of the molecule is Cc1cc(-c2ccc(-c3c(N=O)c(=O)c3=O)s2)ccn1. The summed E-state index contributed by atoms with van der Waals surface area (Å²) in [6.07, 6.45) is 1.71. The van der Waals surface area contributed by atoms with Crippen LogP contribution in [0.4, 0.5) is 5.69 Å². The smallest absolute Gasteiger partial charge is 0.256 e. The second kappa shape index (κ2) is 4.57. The molecule has 0 radical (unpaired) electrons. The van der Waals surface area contributed by atoms with Gasteiger partial charge in [-0.1, -0.05) is 0 Å². The van der Waals surface area contributed by atoms with Crippen molar-refractivity contribution >= 4 is 17.0 Å². The van der Waals surface area contributed by atoms with E-state index in [1.54, 1.807) is 12.3 Å². The molecule has 0 aliphatic heterocycles. The fourth-order valence-electron chi connectivity index (χ4n) is 2.02. The third kappa shape index (κ3) is 1.81. The lowest BCUT2D eigenvalue weighted by Gasteiger charge is -2.01. The number of thiophene rings is 1. The van der Waals surface area contributed by atoms with Crippen LogP contribution in [-0.4, -0.2) is 4.98 Å². The Hall–Kier alpha value is -2.47. The summed E-state index contributed by atoms with van der Waals surface area (Å²) >= 11 is 1.35. The molecule has 0 fully saturated rings. The average Bonchev–Trinajstić information content (AvgIpc) is 2.92. The van der Waals surface area contributed by atoms with E-state index in [9.17, 15) is 14.5 Å². The zero-order chi connectivity index (χ0) is 14.3. The number of nitrogens with zero attached hydrogens (tertiary/aromatic N) is 2. The second-order valence-corrected chi connectivity index (χ2v) is 5.41. The van der Waals surface area contributed by atoms with Crippen molar-refractivity contribution in [3.8, 4) is 20.9 Å². The molecular formula is C14H8N2O3S. The molecule has 0 amide bonds. The van der Waals surface area contributed by atoms with Crippen molar-refractivity contribution in [3.05, 3.63) is 61.5 Å². The van der Waals surface area contributed by atoms with E-state index in [0.29, 0.717) is 4.88 Å². The molecule has 98 valence electrons. The lowest BCUT2D eigenvalue weighted by atomic mass is 10.1. The molecule has 2 heterocycles. The molecule has 20 heavy (non-hydrogen) atoms. The van der Waals surface area contributed by atoms with E-state index in [1.807, 2.05) is 25.1 Å². The van der Waals surface area contributed by atoms with E-state index in [0.717, 1.165) is 16.1 Å². The largest absolute Gasteiger partial charge is 0.285 e. The van der Waals surface area contributed by atoms with Crippen LogP contribution in [0.1, 0.15) is 5.69 Å². The summed E-state index contributed by atoms with van der Waals surface area (Å²) < 4.78 is 0. The Bertz CT molecular complexity index is 888. The maximum Gasteiger partial charge on any atom is 0.256 e. The zero-order valence-electron chi connectivity index (χ0n) is 10.4. The van der Waals surface area contributed by atoms with E-state index in [4.69, 9.17) is 0 Å². The first-order valence-electron chi connectivity index (χ1n) is 5.81. The van der Waals surface area contributed by atoms with Crippen LogP contribution in [0.15, 0.2) is 45.2 Å². The Kier molecular flexibility index (Phi) is 2.87. The monoisotopic (exact) mass is 284 g/mol. The van der Waals surface area contributed by atoms with Crippen LogP contribution in [-0.2, 0) is 0 Å². The Morgan fingerprint density at radius 2 is 1.85 bits per heavy atom. The molecule has 6 heteroatoms. The van der Waals surface area contributed by atoms with Gasteiger partial charge in [0.05, 0.1) is 5.56 Å². The Labute approximate surface area is 117 Å². The molecule has 2 aromatic heterocycles. The minimum atomic E-state index is -0.801. The third-order valence-electron chi connectivity index (χ3n) is 3.01. The van der Waals surface area contributed by atoms with Crippen LogP contribution in [0.25, 0.3) is 20.9 Å². The Balaban J connectivity index is 2.07. The standard InChI is InChI=1S/C14H8N2O3S/c1-7-6-8(4-5-15-7)9-2-3-10(20-9)11-12(16-19)14(18)13(11)17/h2-6H,1H3. The van der Waals surface area contributed by atoms with Crippen LogP contribution in [0.3, 0.4) is 0 Å². The molecule has 3 aromatic rings. The number of aromatic nitrogens is 1. The molecule has 0 aliphatic rings. The minimum absolute atomic E-state index is 0.132. The predicted molar refractivity (Wildman–Crippen MR) is 78.1 cm³/mol. The number of pyridine rings is 1. The van der Waals surface area contributed by atoms with E-state index in [2.05, 4.69) is 10.2 Å². The maximum atomic E-state index is 11.5. The van der Waals surface area contributed by atoms with Gasteiger partial charge in [0.25, 0.3) is 5.43 Å². The molecule has 3 rings (SSSR count). The number of hydrogen-bond acceptors (Lipinski definition) is 6. The summed E-state index contributed by atoms with van der Waals surface area (Å²) in [5, 5.41) is 2.64. The van der Waals surface area contributed by atoms with Gasteiger partial charge in [0, 0.05) is 21.6 Å². The number of aryl methyl sites for hydroxylation is 1. The first kappa shape index (κ1) is 12.6. The van der Waals surface area contributed by atoms with Crippen molar-refractivity contribution in [2.75, 3.05) is 0 Å². The third-order valence-corrected chi connectivity index (χ3v) is 4.16. The summed E-state index contributed by atoms with van der Waals surface area (Å²) in [6, 6.07) is 7.36. The van der Waals surface area contributed by atoms with Crippen LogP contribution in [0.2, 0.25) is 0 Å². The molecule has 0 bridgehead atoms. The maximum absolute atomic E-state index is 11.5. The van der Waals surface area contributed by atoms with Crippen molar-refractivity contribution in [1.29, 1.82) is 0 Å². The van der Waals surface area contributed by atoms with Gasteiger partial charge in [-0.3, -0.25) is 14.6 Å². The van der Waals surface area contributed by atoms with Crippen molar-refractivity contribution in [3.63, 3.8) is 0 Å². The highest BCUT2D eigenvalue weighted by Crippen LogP contribution is 2.36. The fraction of sp³-hybridized carbons (Fsp3) is 0.0714. The molecule has 1 aromatic carbocycles. The molecule has 0 saturated carbocycles. The number of hydrogen-bond donors (Lipinski definition) is 0. The highest BCUT2D eigenvalue weighted by Gasteiger charge is 2.24. The van der Waals surface area contributed by atoms with Gasteiger partial charge in [0.15, 0.2) is 5.69 Å². The van der Waals surface area contributed by atoms with E-state index < -0.39 is 10.9 Å². The van der Waals surface area contributed by atoms with Crippen LogP contribution < -0.4 is 10.9 Å². The topological polar surface area (TPSA) is 76.5 Å². The van der Waals surface area contributed by atoms with Crippen molar-refractivity contribution < 1.29 is 0 Å². The zero-order valence-corrected chi connectivity index (χ0v) is 11.2. The van der Waals surface area contributed by atoms with E-state index in [1.165, 1.54) is 11.3 Å². The number of nitroso groups, excluding NO2 is 1. The van der Waals surface area contributed by atoms with Crippen LogP contribution >= 0.6 is 11.3 Å². The Morgan fingerprint density at radius 1 is 1.10 bits per heavy atom. The van der Waals surface area contributed by atoms with Crippen LogP contribution in [0, 0.1) is 11.8 Å². The highest BCUT2D eigenvalue weighted by atomic mass is 32.1. The molecule has 0 saturated heterocycles. The normalized spacial score (nSPS) is 10.8. The number of rotatable bonds is 3. The molecular weight excluding hydrogens is 276 g/mol. The summed E-state index contributed by atoms with van der Waals surface area (Å²) in [6.45, 7) is 1.89. The molecule has 0 N–H and O–H groups in total.